The number of anilines is 3. The lowest BCUT2D eigenvalue weighted by atomic mass is 10.3. The maximum Gasteiger partial charge on any atom is 0.229 e. The highest BCUT2D eigenvalue weighted by molar-refractivity contribution is 5.56. The first-order chi connectivity index (χ1) is 10.1. The van der Waals surface area contributed by atoms with Gasteiger partial charge in [-0.05, 0) is 31.0 Å². The largest absolute Gasteiger partial charge is 0.356 e. The van der Waals surface area contributed by atoms with Gasteiger partial charge in [-0.2, -0.15) is 4.98 Å². The summed E-state index contributed by atoms with van der Waals surface area (Å²) in [6, 6.07) is 3.73. The van der Waals surface area contributed by atoms with Gasteiger partial charge in [0.15, 0.2) is 17.5 Å². The predicted molar refractivity (Wildman–Crippen MR) is 73.1 cm³/mol. The van der Waals surface area contributed by atoms with E-state index in [9.17, 15) is 13.2 Å². The van der Waals surface area contributed by atoms with Crippen molar-refractivity contribution in [3.05, 3.63) is 41.8 Å². The molecule has 7 heteroatoms. The van der Waals surface area contributed by atoms with Gasteiger partial charge in [-0.25, -0.2) is 18.2 Å². The average molecular weight is 294 g/mol. The molecule has 1 aromatic carbocycles. The van der Waals surface area contributed by atoms with E-state index in [4.69, 9.17) is 0 Å². The first-order valence-corrected chi connectivity index (χ1v) is 6.63. The van der Waals surface area contributed by atoms with Crippen LogP contribution in [0.25, 0.3) is 0 Å². The van der Waals surface area contributed by atoms with Gasteiger partial charge in [-0.3, -0.25) is 0 Å². The van der Waals surface area contributed by atoms with E-state index < -0.39 is 17.5 Å². The van der Waals surface area contributed by atoms with Gasteiger partial charge in [0, 0.05) is 19.3 Å². The van der Waals surface area contributed by atoms with E-state index >= 15 is 0 Å². The second-order valence-electron chi connectivity index (χ2n) is 4.78. The number of benzene rings is 1. The molecule has 0 saturated carbocycles. The molecule has 21 heavy (non-hydrogen) atoms. The molecule has 1 aliphatic heterocycles. The highest BCUT2D eigenvalue weighted by Crippen LogP contribution is 2.23. The number of hydrogen-bond acceptors (Lipinski definition) is 4. The van der Waals surface area contributed by atoms with Crippen molar-refractivity contribution < 1.29 is 13.2 Å². The summed E-state index contributed by atoms with van der Waals surface area (Å²) in [4.78, 5) is 10.3. The van der Waals surface area contributed by atoms with Crippen LogP contribution in [0.15, 0.2) is 24.4 Å². The monoisotopic (exact) mass is 294 g/mol. The van der Waals surface area contributed by atoms with Crippen molar-refractivity contribution in [2.24, 2.45) is 0 Å². The predicted octanol–water partition coefficient (Wildman–Crippen LogP) is 3.24. The molecule has 0 unspecified atom stereocenters. The number of nitrogens with zero attached hydrogens (tertiary/aromatic N) is 3. The van der Waals surface area contributed by atoms with Crippen molar-refractivity contribution in [1.82, 2.24) is 9.97 Å². The number of aromatic nitrogens is 2. The normalized spacial score (nSPS) is 14.5. The van der Waals surface area contributed by atoms with Gasteiger partial charge in [0.05, 0.1) is 5.69 Å². The molecule has 1 fully saturated rings. The average Bonchev–Trinajstić information content (AvgIpc) is 3.03. The summed E-state index contributed by atoms with van der Waals surface area (Å²) in [5, 5.41) is 2.57. The van der Waals surface area contributed by atoms with Crippen molar-refractivity contribution in [2.45, 2.75) is 12.8 Å². The van der Waals surface area contributed by atoms with Gasteiger partial charge in [0.2, 0.25) is 5.95 Å². The smallest absolute Gasteiger partial charge is 0.229 e. The fourth-order valence-electron chi connectivity index (χ4n) is 2.27. The zero-order chi connectivity index (χ0) is 14.8. The molecule has 1 aliphatic rings. The molecular weight excluding hydrogens is 281 g/mol. The van der Waals surface area contributed by atoms with E-state index in [-0.39, 0.29) is 11.6 Å². The van der Waals surface area contributed by atoms with E-state index in [2.05, 4.69) is 20.2 Å². The first kappa shape index (κ1) is 13.7. The van der Waals surface area contributed by atoms with E-state index in [1.165, 1.54) is 0 Å². The summed E-state index contributed by atoms with van der Waals surface area (Å²) in [6.45, 7) is 1.83. The molecule has 1 saturated heterocycles. The summed E-state index contributed by atoms with van der Waals surface area (Å²) in [5.41, 5.74) is -0.201. The highest BCUT2D eigenvalue weighted by Gasteiger charge is 2.16. The fourth-order valence-corrected chi connectivity index (χ4v) is 2.27. The third kappa shape index (κ3) is 2.76. The molecule has 4 nitrogen and oxygen atoms in total. The van der Waals surface area contributed by atoms with E-state index in [1.807, 2.05) is 0 Å². The number of nitrogens with one attached hydrogen (secondary N) is 1. The minimum Gasteiger partial charge on any atom is -0.356 e. The first-order valence-electron chi connectivity index (χ1n) is 6.63. The summed E-state index contributed by atoms with van der Waals surface area (Å²) < 4.78 is 39.7. The Kier molecular flexibility index (Phi) is 3.64. The number of rotatable bonds is 3. The van der Waals surface area contributed by atoms with Crippen molar-refractivity contribution in [2.75, 3.05) is 23.3 Å². The number of halogens is 3. The molecule has 0 bridgehead atoms. The highest BCUT2D eigenvalue weighted by atomic mass is 19.2. The molecule has 110 valence electrons. The van der Waals surface area contributed by atoms with Crippen molar-refractivity contribution in [3.8, 4) is 0 Å². The number of hydrogen-bond donors (Lipinski definition) is 1. The van der Waals surface area contributed by atoms with Crippen molar-refractivity contribution in [3.63, 3.8) is 0 Å². The third-order valence-corrected chi connectivity index (χ3v) is 3.35. The Morgan fingerprint density at radius 1 is 1.00 bits per heavy atom. The van der Waals surface area contributed by atoms with Crippen LogP contribution in [0.1, 0.15) is 12.8 Å². The van der Waals surface area contributed by atoms with Gasteiger partial charge < -0.3 is 10.2 Å². The van der Waals surface area contributed by atoms with Crippen molar-refractivity contribution in [1.29, 1.82) is 0 Å². The molecule has 1 N–H and O–H groups in total. The van der Waals surface area contributed by atoms with Crippen LogP contribution in [-0.4, -0.2) is 23.1 Å². The van der Waals surface area contributed by atoms with E-state index in [1.54, 1.807) is 12.3 Å². The molecule has 1 aromatic heterocycles. The fraction of sp³-hybridized carbons (Fsp3) is 0.286. The van der Waals surface area contributed by atoms with E-state index in [0.29, 0.717) is 0 Å². The second-order valence-corrected chi connectivity index (χ2v) is 4.78. The Labute approximate surface area is 119 Å². The van der Waals surface area contributed by atoms with Crippen LogP contribution in [0.2, 0.25) is 0 Å². The standard InChI is InChI=1S/C14H13F3N4/c15-9-3-4-10(13(17)12(9)16)19-14-18-6-5-11(20-14)21-7-1-2-8-21/h3-6H,1-2,7-8H2,(H,18,19,20). The zero-order valence-corrected chi connectivity index (χ0v) is 11.1. The van der Waals surface area contributed by atoms with E-state index in [0.717, 1.165) is 43.9 Å². The SMILES string of the molecule is Fc1ccc(Nc2nccc(N3CCCC3)n2)c(F)c1F. The minimum absolute atomic E-state index is 0.143. The zero-order valence-electron chi connectivity index (χ0n) is 11.1. The lowest BCUT2D eigenvalue weighted by Gasteiger charge is -2.16. The molecule has 0 atom stereocenters. The van der Waals surface area contributed by atoms with Crippen LogP contribution >= 0.6 is 0 Å². The Morgan fingerprint density at radius 2 is 1.76 bits per heavy atom. The Bertz CT molecular complexity index is 657. The summed E-state index contributed by atoms with van der Waals surface area (Å²) in [5.74, 6) is -3.16. The van der Waals surface area contributed by atoms with Gasteiger partial charge in [-0.15, -0.1) is 0 Å². The molecule has 0 radical (unpaired) electrons. The molecule has 0 spiro atoms. The quantitative estimate of drug-likeness (QED) is 0.882. The summed E-state index contributed by atoms with van der Waals surface area (Å²) >= 11 is 0. The molecule has 2 heterocycles. The molecule has 0 aliphatic carbocycles. The van der Waals surface area contributed by atoms with Gasteiger partial charge in [0.25, 0.3) is 0 Å². The molecule has 2 aromatic rings. The van der Waals surface area contributed by atoms with Crippen LogP contribution in [-0.2, 0) is 0 Å². The maximum atomic E-state index is 13.6. The third-order valence-electron chi connectivity index (χ3n) is 3.35. The topological polar surface area (TPSA) is 41.1 Å². The van der Waals surface area contributed by atoms with Gasteiger partial charge in [-0.1, -0.05) is 0 Å². The Balaban J connectivity index is 1.85. The van der Waals surface area contributed by atoms with Gasteiger partial charge in [0.1, 0.15) is 5.82 Å². The second kappa shape index (κ2) is 5.59. The maximum absolute atomic E-state index is 13.6. The van der Waals surface area contributed by atoms with Crippen LogP contribution in [0.3, 0.4) is 0 Å². The lowest BCUT2D eigenvalue weighted by molar-refractivity contribution is 0.449. The minimum atomic E-state index is -1.52. The van der Waals surface area contributed by atoms with Crippen LogP contribution in [0.4, 0.5) is 30.6 Å². The van der Waals surface area contributed by atoms with Gasteiger partial charge >= 0.3 is 0 Å². The van der Waals surface area contributed by atoms with Crippen LogP contribution < -0.4 is 10.2 Å². The molecular formula is C14H13F3N4. The summed E-state index contributed by atoms with van der Waals surface area (Å²) in [7, 11) is 0. The Morgan fingerprint density at radius 3 is 2.52 bits per heavy atom. The lowest BCUT2D eigenvalue weighted by Crippen LogP contribution is -2.19. The molecule has 3 rings (SSSR count). The Hall–Kier alpha value is -2.31. The summed E-state index contributed by atoms with van der Waals surface area (Å²) in [6.07, 6.45) is 3.75. The van der Waals surface area contributed by atoms with Crippen LogP contribution in [0, 0.1) is 17.5 Å². The van der Waals surface area contributed by atoms with Crippen LogP contribution in [0.5, 0.6) is 0 Å². The van der Waals surface area contributed by atoms with Crippen molar-refractivity contribution >= 4 is 17.5 Å². The molecule has 0 amide bonds.